The third-order valence-electron chi connectivity index (χ3n) is 5.05. The molecule has 23 heavy (non-hydrogen) atoms. The van der Waals surface area contributed by atoms with E-state index in [0.29, 0.717) is 24.8 Å². The first-order valence-corrected chi connectivity index (χ1v) is 8.45. The largest absolute Gasteiger partial charge is 0.356 e. The van der Waals surface area contributed by atoms with Crippen molar-refractivity contribution in [2.45, 2.75) is 46.5 Å². The average molecular weight is 343 g/mol. The smallest absolute Gasteiger partial charge is 0.220 e. The lowest BCUT2D eigenvalue weighted by Gasteiger charge is -2.27. The maximum absolute atomic E-state index is 12.1. The van der Waals surface area contributed by atoms with Crippen LogP contribution in [-0.4, -0.2) is 35.3 Å². The summed E-state index contributed by atoms with van der Waals surface area (Å²) in [6, 6.07) is 0. The molecule has 0 aliphatic carbocycles. The zero-order chi connectivity index (χ0) is 16.1. The molecular weight excluding hydrogens is 312 g/mol. The molecule has 0 bridgehead atoms. The minimum Gasteiger partial charge on any atom is -0.356 e. The van der Waals surface area contributed by atoms with Gasteiger partial charge in [-0.05, 0) is 63.6 Å². The summed E-state index contributed by atoms with van der Waals surface area (Å²) in [6.07, 6.45) is 3.90. The maximum Gasteiger partial charge on any atom is 0.220 e. The molecule has 0 spiro atoms. The standard InChI is InChI=1S/C17H30N4O.ClH/c1-12(15-5-8-18-9-6-15)11-17(22)19-10-7-16-13(2)20-21(4)14(16)3;/h12,15,18H,5-11H2,1-4H3,(H,19,22);1H. The van der Waals surface area contributed by atoms with E-state index in [1.807, 2.05) is 18.7 Å². The Balaban J connectivity index is 0.00000264. The van der Waals surface area contributed by atoms with Crippen LogP contribution in [0.5, 0.6) is 0 Å². The predicted molar refractivity (Wildman–Crippen MR) is 96.0 cm³/mol. The molecule has 1 aromatic rings. The molecule has 0 aromatic carbocycles. The summed E-state index contributed by atoms with van der Waals surface area (Å²) in [4.78, 5) is 12.1. The topological polar surface area (TPSA) is 59.0 Å². The second kappa shape index (κ2) is 9.28. The van der Waals surface area contributed by atoms with Gasteiger partial charge in [0.15, 0.2) is 0 Å². The summed E-state index contributed by atoms with van der Waals surface area (Å²) in [5.41, 5.74) is 3.52. The first-order valence-electron chi connectivity index (χ1n) is 8.45. The molecule has 1 atom stereocenters. The van der Waals surface area contributed by atoms with Crippen LogP contribution in [0.3, 0.4) is 0 Å². The van der Waals surface area contributed by atoms with Crippen LogP contribution in [-0.2, 0) is 18.3 Å². The molecule has 0 radical (unpaired) electrons. The summed E-state index contributed by atoms with van der Waals surface area (Å²) in [6.45, 7) is 9.21. The number of amides is 1. The minimum atomic E-state index is 0. The Bertz CT molecular complexity index is 509. The SMILES string of the molecule is Cc1nn(C)c(C)c1CCNC(=O)CC(C)C1CCNCC1.Cl. The van der Waals surface area contributed by atoms with Crippen LogP contribution >= 0.6 is 12.4 Å². The number of rotatable bonds is 6. The first-order chi connectivity index (χ1) is 10.5. The van der Waals surface area contributed by atoms with Gasteiger partial charge in [-0.2, -0.15) is 5.10 Å². The molecule has 2 rings (SSSR count). The highest BCUT2D eigenvalue weighted by molar-refractivity contribution is 5.85. The number of nitrogens with zero attached hydrogens (tertiary/aromatic N) is 2. The lowest BCUT2D eigenvalue weighted by Crippen LogP contribution is -2.34. The van der Waals surface area contributed by atoms with Crippen molar-refractivity contribution < 1.29 is 4.79 Å². The van der Waals surface area contributed by atoms with Gasteiger partial charge in [-0.1, -0.05) is 6.92 Å². The quantitative estimate of drug-likeness (QED) is 0.832. The van der Waals surface area contributed by atoms with E-state index in [4.69, 9.17) is 0 Å². The van der Waals surface area contributed by atoms with Gasteiger partial charge in [-0.15, -0.1) is 12.4 Å². The Kier molecular flexibility index (Phi) is 8.06. The average Bonchev–Trinajstić information content (AvgIpc) is 2.74. The lowest BCUT2D eigenvalue weighted by molar-refractivity contribution is -0.122. The number of carbonyl (C=O) groups excluding carboxylic acids is 1. The number of carbonyl (C=O) groups is 1. The Hall–Kier alpha value is -1.07. The molecule has 1 aliphatic heterocycles. The molecule has 1 unspecified atom stereocenters. The molecule has 1 saturated heterocycles. The van der Waals surface area contributed by atoms with Crippen molar-refractivity contribution in [2.24, 2.45) is 18.9 Å². The number of aromatic nitrogens is 2. The summed E-state index contributed by atoms with van der Waals surface area (Å²) in [5, 5.41) is 10.9. The first kappa shape index (κ1) is 20.0. The van der Waals surface area contributed by atoms with E-state index in [0.717, 1.165) is 25.2 Å². The Morgan fingerprint density at radius 1 is 1.39 bits per heavy atom. The fraction of sp³-hybridized carbons (Fsp3) is 0.765. The van der Waals surface area contributed by atoms with Crippen molar-refractivity contribution in [2.75, 3.05) is 19.6 Å². The Labute approximate surface area is 146 Å². The molecule has 1 aliphatic rings. The highest BCUT2D eigenvalue weighted by Crippen LogP contribution is 2.24. The van der Waals surface area contributed by atoms with E-state index >= 15 is 0 Å². The van der Waals surface area contributed by atoms with E-state index in [9.17, 15) is 4.79 Å². The van der Waals surface area contributed by atoms with Crippen molar-refractivity contribution in [1.29, 1.82) is 0 Å². The second-order valence-corrected chi connectivity index (χ2v) is 6.64. The third kappa shape index (κ3) is 5.50. The fourth-order valence-electron chi connectivity index (χ4n) is 3.45. The fourth-order valence-corrected chi connectivity index (χ4v) is 3.45. The summed E-state index contributed by atoms with van der Waals surface area (Å²) in [5.74, 6) is 1.35. The minimum absolute atomic E-state index is 0. The number of piperidine rings is 1. The van der Waals surface area contributed by atoms with Crippen molar-refractivity contribution in [3.05, 3.63) is 17.0 Å². The lowest BCUT2D eigenvalue weighted by atomic mass is 9.84. The van der Waals surface area contributed by atoms with Crippen LogP contribution in [0.25, 0.3) is 0 Å². The normalized spacial score (nSPS) is 16.7. The number of nitrogens with one attached hydrogen (secondary N) is 2. The van der Waals surface area contributed by atoms with E-state index in [1.165, 1.54) is 24.1 Å². The van der Waals surface area contributed by atoms with Gasteiger partial charge in [-0.25, -0.2) is 0 Å². The molecule has 0 saturated carbocycles. The van der Waals surface area contributed by atoms with Crippen LogP contribution in [0, 0.1) is 25.7 Å². The summed E-state index contributed by atoms with van der Waals surface area (Å²) >= 11 is 0. The van der Waals surface area contributed by atoms with E-state index in [2.05, 4.69) is 29.6 Å². The molecule has 1 aromatic heterocycles. The predicted octanol–water partition coefficient (Wildman–Crippen LogP) is 2.14. The van der Waals surface area contributed by atoms with Crippen molar-refractivity contribution in [1.82, 2.24) is 20.4 Å². The molecule has 2 N–H and O–H groups in total. The number of aryl methyl sites for hydroxylation is 2. The molecule has 2 heterocycles. The highest BCUT2D eigenvalue weighted by Gasteiger charge is 2.21. The third-order valence-corrected chi connectivity index (χ3v) is 5.05. The van der Waals surface area contributed by atoms with Gasteiger partial charge >= 0.3 is 0 Å². The Morgan fingerprint density at radius 2 is 2.04 bits per heavy atom. The zero-order valence-electron chi connectivity index (χ0n) is 14.8. The second-order valence-electron chi connectivity index (χ2n) is 6.64. The molecule has 5 nitrogen and oxygen atoms in total. The molecule has 1 fully saturated rings. The van der Waals surface area contributed by atoms with E-state index < -0.39 is 0 Å². The molecule has 132 valence electrons. The van der Waals surface area contributed by atoms with Gasteiger partial charge in [0, 0.05) is 25.7 Å². The van der Waals surface area contributed by atoms with E-state index in [1.54, 1.807) is 0 Å². The van der Waals surface area contributed by atoms with Crippen LogP contribution < -0.4 is 10.6 Å². The highest BCUT2D eigenvalue weighted by atomic mass is 35.5. The van der Waals surface area contributed by atoms with Crippen LogP contribution in [0.2, 0.25) is 0 Å². The van der Waals surface area contributed by atoms with Gasteiger partial charge in [0.25, 0.3) is 0 Å². The zero-order valence-corrected chi connectivity index (χ0v) is 15.6. The van der Waals surface area contributed by atoms with Gasteiger partial charge in [0.1, 0.15) is 0 Å². The van der Waals surface area contributed by atoms with Gasteiger partial charge in [0.05, 0.1) is 5.69 Å². The maximum atomic E-state index is 12.1. The van der Waals surface area contributed by atoms with Crippen molar-refractivity contribution >= 4 is 18.3 Å². The monoisotopic (exact) mass is 342 g/mol. The van der Waals surface area contributed by atoms with Crippen LogP contribution in [0.1, 0.15) is 43.1 Å². The van der Waals surface area contributed by atoms with Gasteiger partial charge in [-0.3, -0.25) is 9.48 Å². The number of hydrogen-bond acceptors (Lipinski definition) is 3. The summed E-state index contributed by atoms with van der Waals surface area (Å²) in [7, 11) is 1.96. The number of halogens is 1. The van der Waals surface area contributed by atoms with E-state index in [-0.39, 0.29) is 18.3 Å². The van der Waals surface area contributed by atoms with Crippen LogP contribution in [0.4, 0.5) is 0 Å². The number of hydrogen-bond donors (Lipinski definition) is 2. The van der Waals surface area contributed by atoms with Gasteiger partial charge < -0.3 is 10.6 Å². The Morgan fingerprint density at radius 3 is 2.61 bits per heavy atom. The van der Waals surface area contributed by atoms with Gasteiger partial charge in [0.2, 0.25) is 5.91 Å². The van der Waals surface area contributed by atoms with Crippen molar-refractivity contribution in [3.63, 3.8) is 0 Å². The molecule has 1 amide bonds. The van der Waals surface area contributed by atoms with Crippen molar-refractivity contribution in [3.8, 4) is 0 Å². The summed E-state index contributed by atoms with van der Waals surface area (Å²) < 4.78 is 1.91. The molecular formula is C17H31ClN4O. The van der Waals surface area contributed by atoms with Crippen LogP contribution in [0.15, 0.2) is 0 Å². The molecule has 6 heteroatoms.